The highest BCUT2D eigenvalue weighted by atomic mass is 32.2. The maximum absolute atomic E-state index is 12.6. The summed E-state index contributed by atoms with van der Waals surface area (Å²) in [6.45, 7) is 4.13. The molecule has 1 aromatic heterocycles. The van der Waals surface area contributed by atoms with Gasteiger partial charge in [0.2, 0.25) is 5.91 Å². The van der Waals surface area contributed by atoms with E-state index in [0.717, 1.165) is 6.42 Å². The number of thiophene rings is 1. The molecule has 122 valence electrons. The maximum Gasteiger partial charge on any atom is 0.252 e. The third kappa shape index (κ3) is 3.05. The molecule has 2 aliphatic heterocycles. The van der Waals surface area contributed by atoms with E-state index in [0.29, 0.717) is 37.0 Å². The number of carbonyl (C=O) groups is 1. The van der Waals surface area contributed by atoms with E-state index < -0.39 is 10.0 Å². The van der Waals surface area contributed by atoms with Crippen LogP contribution in [0, 0.1) is 5.92 Å². The van der Waals surface area contributed by atoms with Gasteiger partial charge >= 0.3 is 0 Å². The van der Waals surface area contributed by atoms with Crippen LogP contribution >= 0.6 is 11.3 Å². The molecule has 2 atom stereocenters. The van der Waals surface area contributed by atoms with E-state index in [1.54, 1.807) is 29.3 Å². The van der Waals surface area contributed by atoms with Crippen molar-refractivity contribution in [1.82, 2.24) is 9.21 Å². The summed E-state index contributed by atoms with van der Waals surface area (Å²) in [5, 5.41) is 1.77. The highest BCUT2D eigenvalue weighted by Gasteiger charge is 2.38. The first-order valence-electron chi connectivity index (χ1n) is 7.39. The summed E-state index contributed by atoms with van der Waals surface area (Å²) in [7, 11) is -3.42. The molecule has 0 aromatic carbocycles. The van der Waals surface area contributed by atoms with Crippen LogP contribution in [0.15, 0.2) is 21.7 Å². The summed E-state index contributed by atoms with van der Waals surface area (Å²) < 4.78 is 32.9. The van der Waals surface area contributed by atoms with Crippen molar-refractivity contribution in [3.8, 4) is 0 Å². The van der Waals surface area contributed by atoms with Crippen LogP contribution in [0.3, 0.4) is 0 Å². The first-order chi connectivity index (χ1) is 10.5. The predicted molar refractivity (Wildman–Crippen MR) is 83.2 cm³/mol. The van der Waals surface area contributed by atoms with Gasteiger partial charge in [0.05, 0.1) is 12.7 Å². The Morgan fingerprint density at radius 1 is 1.36 bits per heavy atom. The third-order valence-electron chi connectivity index (χ3n) is 4.34. The average Bonchev–Trinajstić information content (AvgIpc) is 2.94. The lowest BCUT2D eigenvalue weighted by Crippen LogP contribution is -2.49. The van der Waals surface area contributed by atoms with Crippen molar-refractivity contribution in [1.29, 1.82) is 0 Å². The first-order valence-corrected chi connectivity index (χ1v) is 9.71. The van der Waals surface area contributed by atoms with E-state index in [2.05, 4.69) is 0 Å². The highest BCUT2D eigenvalue weighted by Crippen LogP contribution is 2.29. The Kier molecular flexibility index (Phi) is 4.54. The van der Waals surface area contributed by atoms with Gasteiger partial charge in [-0.15, -0.1) is 11.3 Å². The summed E-state index contributed by atoms with van der Waals surface area (Å²) in [6.07, 6.45) is 0.590. The third-order valence-corrected chi connectivity index (χ3v) is 7.58. The Balaban J connectivity index is 1.73. The van der Waals surface area contributed by atoms with Crippen molar-refractivity contribution < 1.29 is 17.9 Å². The molecule has 3 rings (SSSR count). The van der Waals surface area contributed by atoms with Gasteiger partial charge < -0.3 is 9.64 Å². The summed E-state index contributed by atoms with van der Waals surface area (Å²) in [5.74, 6) is 0.263. The molecule has 0 unspecified atom stereocenters. The van der Waals surface area contributed by atoms with Crippen LogP contribution in [0.25, 0.3) is 0 Å². The number of hydrogen-bond acceptors (Lipinski definition) is 5. The van der Waals surface area contributed by atoms with Gasteiger partial charge in [0.1, 0.15) is 4.21 Å². The molecule has 22 heavy (non-hydrogen) atoms. The fourth-order valence-electron chi connectivity index (χ4n) is 3.06. The van der Waals surface area contributed by atoms with E-state index in [9.17, 15) is 13.2 Å². The molecule has 1 amide bonds. The van der Waals surface area contributed by atoms with E-state index in [1.165, 1.54) is 15.6 Å². The van der Waals surface area contributed by atoms with Gasteiger partial charge in [-0.25, -0.2) is 8.42 Å². The molecule has 1 aromatic rings. The number of rotatable bonds is 2. The van der Waals surface area contributed by atoms with Crippen LogP contribution in [-0.4, -0.2) is 62.4 Å². The zero-order valence-electron chi connectivity index (χ0n) is 12.5. The minimum Gasteiger partial charge on any atom is -0.375 e. The van der Waals surface area contributed by atoms with Crippen LogP contribution in [-0.2, 0) is 19.6 Å². The fraction of sp³-hybridized carbons (Fsp3) is 0.643. The molecule has 2 aliphatic rings. The number of hydrogen-bond donors (Lipinski definition) is 0. The lowest BCUT2D eigenvalue weighted by Gasteiger charge is -2.36. The van der Waals surface area contributed by atoms with Crippen molar-refractivity contribution in [2.24, 2.45) is 5.92 Å². The standard InChI is InChI=1S/C14H20N2O4S2/c1-11(17)15-6-7-20-13-10-16(5-4-12(13)9-15)22(18,19)14-3-2-8-21-14/h2-3,8,12-13H,4-7,9-10H2,1H3/t12-,13-/m0/s1. The highest BCUT2D eigenvalue weighted by molar-refractivity contribution is 7.91. The second kappa shape index (κ2) is 6.27. The molecule has 6 nitrogen and oxygen atoms in total. The van der Waals surface area contributed by atoms with Gasteiger partial charge in [0.15, 0.2) is 0 Å². The summed E-state index contributed by atoms with van der Waals surface area (Å²) >= 11 is 1.24. The molecule has 2 saturated heterocycles. The zero-order chi connectivity index (χ0) is 15.7. The number of nitrogens with zero attached hydrogens (tertiary/aromatic N) is 2. The number of piperidine rings is 1. The van der Waals surface area contributed by atoms with Gasteiger partial charge in [0, 0.05) is 39.0 Å². The minimum absolute atomic E-state index is 0.0536. The Morgan fingerprint density at radius 3 is 2.86 bits per heavy atom. The minimum atomic E-state index is -3.42. The van der Waals surface area contributed by atoms with Crippen molar-refractivity contribution in [2.45, 2.75) is 23.7 Å². The maximum atomic E-state index is 12.6. The Labute approximate surface area is 134 Å². The molecular weight excluding hydrogens is 324 g/mol. The molecule has 0 aliphatic carbocycles. The molecule has 8 heteroatoms. The van der Waals surface area contributed by atoms with Crippen molar-refractivity contribution in [2.75, 3.05) is 32.8 Å². The second-order valence-corrected chi connectivity index (χ2v) is 8.83. The molecule has 0 N–H and O–H groups in total. The number of sulfonamides is 1. The Bertz CT molecular complexity index is 629. The SMILES string of the molecule is CC(=O)N1CCO[C@H]2CN(S(=O)(=O)c3cccs3)CC[C@H]2C1. The molecule has 0 spiro atoms. The topological polar surface area (TPSA) is 66.9 Å². The normalized spacial score (nSPS) is 27.2. The first kappa shape index (κ1) is 15.9. The second-order valence-electron chi connectivity index (χ2n) is 5.72. The number of amides is 1. The number of carbonyl (C=O) groups excluding carboxylic acids is 1. The number of fused-ring (bicyclic) bond motifs is 1. The van der Waals surface area contributed by atoms with E-state index >= 15 is 0 Å². The lowest BCUT2D eigenvalue weighted by atomic mass is 9.94. The molecule has 0 radical (unpaired) electrons. The van der Waals surface area contributed by atoms with Crippen LogP contribution in [0.1, 0.15) is 13.3 Å². The van der Waals surface area contributed by atoms with Gasteiger partial charge in [-0.3, -0.25) is 4.79 Å². The summed E-state index contributed by atoms with van der Waals surface area (Å²) in [6, 6.07) is 3.38. The molecule has 0 saturated carbocycles. The zero-order valence-corrected chi connectivity index (χ0v) is 14.1. The monoisotopic (exact) mass is 344 g/mol. The Morgan fingerprint density at radius 2 is 2.18 bits per heavy atom. The predicted octanol–water partition coefficient (Wildman–Crippen LogP) is 1.01. The lowest BCUT2D eigenvalue weighted by molar-refractivity contribution is -0.129. The van der Waals surface area contributed by atoms with E-state index in [4.69, 9.17) is 4.74 Å². The quantitative estimate of drug-likeness (QED) is 0.803. The molecule has 0 bridgehead atoms. The molecule has 3 heterocycles. The molecule has 2 fully saturated rings. The van der Waals surface area contributed by atoms with Crippen molar-refractivity contribution in [3.05, 3.63) is 17.5 Å². The van der Waals surface area contributed by atoms with Crippen LogP contribution in [0.5, 0.6) is 0 Å². The van der Waals surface area contributed by atoms with Gasteiger partial charge in [-0.2, -0.15) is 4.31 Å². The van der Waals surface area contributed by atoms with Crippen LogP contribution in [0.2, 0.25) is 0 Å². The van der Waals surface area contributed by atoms with Gasteiger partial charge in [-0.1, -0.05) is 6.07 Å². The summed E-state index contributed by atoms with van der Waals surface area (Å²) in [4.78, 5) is 13.4. The van der Waals surface area contributed by atoms with Gasteiger partial charge in [-0.05, 0) is 17.9 Å². The Hall–Kier alpha value is -0.960. The van der Waals surface area contributed by atoms with Crippen LogP contribution in [0.4, 0.5) is 0 Å². The fourth-order valence-corrected chi connectivity index (χ4v) is 5.68. The van der Waals surface area contributed by atoms with Crippen molar-refractivity contribution >= 4 is 27.3 Å². The molecular formula is C14H20N2O4S2. The van der Waals surface area contributed by atoms with E-state index in [-0.39, 0.29) is 17.9 Å². The van der Waals surface area contributed by atoms with Gasteiger partial charge in [0.25, 0.3) is 10.0 Å². The van der Waals surface area contributed by atoms with Crippen molar-refractivity contribution in [3.63, 3.8) is 0 Å². The average molecular weight is 344 g/mol. The van der Waals surface area contributed by atoms with E-state index in [1.807, 2.05) is 0 Å². The smallest absolute Gasteiger partial charge is 0.252 e. The number of ether oxygens (including phenoxy) is 1. The summed E-state index contributed by atoms with van der Waals surface area (Å²) in [5.41, 5.74) is 0. The largest absolute Gasteiger partial charge is 0.375 e. The van der Waals surface area contributed by atoms with Crippen LogP contribution < -0.4 is 0 Å².